The predicted molar refractivity (Wildman–Crippen MR) is 71.8 cm³/mol. The van der Waals surface area contributed by atoms with E-state index in [9.17, 15) is 9.59 Å². The minimum absolute atomic E-state index is 0.0963. The molecule has 0 spiro atoms. The Morgan fingerprint density at radius 3 is 2.79 bits per heavy atom. The summed E-state index contributed by atoms with van der Waals surface area (Å²) >= 11 is 0. The van der Waals surface area contributed by atoms with Gasteiger partial charge in [-0.25, -0.2) is 0 Å². The monoisotopic (exact) mass is 260 g/mol. The number of ether oxygens (including phenoxy) is 1. The van der Waals surface area contributed by atoms with Crippen molar-refractivity contribution in [3.8, 4) is 0 Å². The van der Waals surface area contributed by atoms with Crippen molar-refractivity contribution in [2.24, 2.45) is 0 Å². The summed E-state index contributed by atoms with van der Waals surface area (Å²) in [5, 5.41) is 1.30. The van der Waals surface area contributed by atoms with E-state index in [1.807, 2.05) is 0 Å². The fourth-order valence-electron chi connectivity index (χ4n) is 1.76. The van der Waals surface area contributed by atoms with Crippen LogP contribution in [0.3, 0.4) is 0 Å². The fraction of sp³-hybridized carbons (Fsp3) is 0.357. The highest BCUT2D eigenvalue weighted by Crippen LogP contribution is 2.09. The summed E-state index contributed by atoms with van der Waals surface area (Å²) in [4.78, 5) is 27.8. The van der Waals surface area contributed by atoms with Crippen molar-refractivity contribution in [2.45, 2.75) is 32.9 Å². The van der Waals surface area contributed by atoms with E-state index in [0.717, 1.165) is 5.39 Å². The zero-order valence-electron chi connectivity index (χ0n) is 11.2. The van der Waals surface area contributed by atoms with Gasteiger partial charge in [0.2, 0.25) is 0 Å². The zero-order valence-corrected chi connectivity index (χ0v) is 11.2. The van der Waals surface area contributed by atoms with E-state index in [4.69, 9.17) is 4.74 Å². The molecule has 2 aromatic heterocycles. The molecule has 0 saturated carbocycles. The van der Waals surface area contributed by atoms with E-state index in [1.165, 1.54) is 10.8 Å². The number of aromatic nitrogens is 2. The number of carbonyl (C=O) groups is 1. The molecule has 0 saturated heterocycles. The van der Waals surface area contributed by atoms with E-state index < -0.39 is 11.6 Å². The first-order valence-corrected chi connectivity index (χ1v) is 6.02. The maximum atomic E-state index is 12.1. The summed E-state index contributed by atoms with van der Waals surface area (Å²) in [5.74, 6) is -0.433. The molecule has 0 unspecified atom stereocenters. The second kappa shape index (κ2) is 4.84. The zero-order chi connectivity index (χ0) is 14.0. The molecule has 0 N–H and O–H groups in total. The van der Waals surface area contributed by atoms with Gasteiger partial charge in [-0.2, -0.15) is 0 Å². The SMILES string of the molecule is CC(C)(C)OC(=O)Cn1ccc2ccncc2c1=O. The van der Waals surface area contributed by atoms with Crippen LogP contribution in [-0.4, -0.2) is 21.1 Å². The lowest BCUT2D eigenvalue weighted by Crippen LogP contribution is -2.30. The van der Waals surface area contributed by atoms with Gasteiger partial charge >= 0.3 is 5.97 Å². The number of pyridine rings is 2. The molecule has 2 aromatic rings. The van der Waals surface area contributed by atoms with Crippen LogP contribution in [0.4, 0.5) is 0 Å². The smallest absolute Gasteiger partial charge is 0.326 e. The number of esters is 1. The second-order valence-corrected chi connectivity index (χ2v) is 5.30. The minimum atomic E-state index is -0.556. The maximum Gasteiger partial charge on any atom is 0.326 e. The first kappa shape index (κ1) is 13.3. The maximum absolute atomic E-state index is 12.1. The van der Waals surface area contributed by atoms with E-state index >= 15 is 0 Å². The molecular formula is C14H16N2O3. The van der Waals surface area contributed by atoms with Crippen molar-refractivity contribution in [2.75, 3.05) is 0 Å². The highest BCUT2D eigenvalue weighted by molar-refractivity contribution is 5.80. The third-order valence-corrected chi connectivity index (χ3v) is 2.50. The van der Waals surface area contributed by atoms with Gasteiger partial charge in [-0.3, -0.25) is 14.6 Å². The number of nitrogens with zero attached hydrogens (tertiary/aromatic N) is 2. The molecule has 19 heavy (non-hydrogen) atoms. The largest absolute Gasteiger partial charge is 0.459 e. The Labute approximate surface area is 110 Å². The Morgan fingerprint density at radius 2 is 2.11 bits per heavy atom. The molecule has 0 aliphatic heterocycles. The molecule has 0 aliphatic carbocycles. The first-order chi connectivity index (χ1) is 8.87. The third kappa shape index (κ3) is 3.19. The van der Waals surface area contributed by atoms with Gasteiger partial charge in [0, 0.05) is 18.6 Å². The standard InChI is InChI=1S/C14H16N2O3/c1-14(2,3)19-12(17)9-16-7-5-10-4-6-15-8-11(10)13(16)18/h4-8H,9H2,1-3H3. The highest BCUT2D eigenvalue weighted by Gasteiger charge is 2.17. The number of hydrogen-bond donors (Lipinski definition) is 0. The third-order valence-electron chi connectivity index (χ3n) is 2.50. The molecule has 0 aliphatic rings. The van der Waals surface area contributed by atoms with Gasteiger partial charge in [-0.05, 0) is 38.3 Å². The van der Waals surface area contributed by atoms with Crippen LogP contribution in [0.25, 0.3) is 10.8 Å². The Hall–Kier alpha value is -2.17. The van der Waals surface area contributed by atoms with Crippen molar-refractivity contribution in [1.29, 1.82) is 0 Å². The van der Waals surface area contributed by atoms with Gasteiger partial charge in [-0.15, -0.1) is 0 Å². The summed E-state index contributed by atoms with van der Waals surface area (Å²) in [7, 11) is 0. The number of rotatable bonds is 2. The van der Waals surface area contributed by atoms with Crippen molar-refractivity contribution in [1.82, 2.24) is 9.55 Å². The van der Waals surface area contributed by atoms with Crippen molar-refractivity contribution >= 4 is 16.7 Å². The molecule has 5 heteroatoms. The van der Waals surface area contributed by atoms with Crippen LogP contribution in [0.2, 0.25) is 0 Å². The lowest BCUT2D eigenvalue weighted by atomic mass is 10.2. The average Bonchev–Trinajstić information content (AvgIpc) is 2.31. The van der Waals surface area contributed by atoms with Crippen LogP contribution < -0.4 is 5.56 Å². The topological polar surface area (TPSA) is 61.2 Å². The second-order valence-electron chi connectivity index (χ2n) is 5.30. The van der Waals surface area contributed by atoms with Gasteiger partial charge in [0.25, 0.3) is 5.56 Å². The Bertz CT molecular complexity index is 668. The predicted octanol–water partition coefficient (Wildman–Crippen LogP) is 1.74. The van der Waals surface area contributed by atoms with Crippen molar-refractivity contribution in [3.63, 3.8) is 0 Å². The van der Waals surface area contributed by atoms with Crippen LogP contribution in [0, 0.1) is 0 Å². The van der Waals surface area contributed by atoms with Gasteiger partial charge in [0.1, 0.15) is 12.1 Å². The minimum Gasteiger partial charge on any atom is -0.459 e. The summed E-state index contributed by atoms with van der Waals surface area (Å²) in [6.07, 6.45) is 4.72. The number of carbonyl (C=O) groups excluding carboxylic acids is 1. The van der Waals surface area contributed by atoms with Gasteiger partial charge in [0.05, 0.1) is 5.39 Å². The van der Waals surface area contributed by atoms with Crippen molar-refractivity contribution in [3.05, 3.63) is 41.1 Å². The van der Waals surface area contributed by atoms with E-state index in [0.29, 0.717) is 5.39 Å². The first-order valence-electron chi connectivity index (χ1n) is 6.02. The molecule has 0 fully saturated rings. The lowest BCUT2D eigenvalue weighted by Gasteiger charge is -2.19. The molecule has 0 amide bonds. The molecular weight excluding hydrogens is 244 g/mol. The van der Waals surface area contributed by atoms with Crippen LogP contribution in [0.5, 0.6) is 0 Å². The van der Waals surface area contributed by atoms with Gasteiger partial charge in [0.15, 0.2) is 0 Å². The summed E-state index contributed by atoms with van der Waals surface area (Å²) in [5.41, 5.74) is -0.796. The van der Waals surface area contributed by atoms with Crippen LogP contribution in [0.15, 0.2) is 35.5 Å². The van der Waals surface area contributed by atoms with E-state index in [-0.39, 0.29) is 12.1 Å². The summed E-state index contributed by atoms with van der Waals surface area (Å²) in [6, 6.07) is 3.54. The van der Waals surface area contributed by atoms with Gasteiger partial charge < -0.3 is 9.30 Å². The van der Waals surface area contributed by atoms with Crippen LogP contribution in [-0.2, 0) is 16.1 Å². The fourth-order valence-corrected chi connectivity index (χ4v) is 1.76. The Morgan fingerprint density at radius 1 is 1.37 bits per heavy atom. The molecule has 100 valence electrons. The van der Waals surface area contributed by atoms with Gasteiger partial charge in [-0.1, -0.05) is 0 Å². The van der Waals surface area contributed by atoms with E-state index in [1.54, 1.807) is 45.3 Å². The Balaban J connectivity index is 2.29. The number of hydrogen-bond acceptors (Lipinski definition) is 4. The summed E-state index contributed by atoms with van der Waals surface area (Å²) in [6.45, 7) is 5.27. The van der Waals surface area contributed by atoms with Crippen molar-refractivity contribution < 1.29 is 9.53 Å². The molecule has 0 radical (unpaired) electrons. The summed E-state index contributed by atoms with van der Waals surface area (Å²) < 4.78 is 6.53. The van der Waals surface area contributed by atoms with Crippen LogP contribution in [0.1, 0.15) is 20.8 Å². The normalized spacial score (nSPS) is 11.5. The molecule has 5 nitrogen and oxygen atoms in total. The quantitative estimate of drug-likeness (QED) is 0.772. The molecule has 0 aromatic carbocycles. The lowest BCUT2D eigenvalue weighted by molar-refractivity contribution is -0.155. The molecule has 0 atom stereocenters. The van der Waals surface area contributed by atoms with E-state index in [2.05, 4.69) is 4.98 Å². The highest BCUT2D eigenvalue weighted by atomic mass is 16.6. The Kier molecular flexibility index (Phi) is 3.38. The molecule has 0 bridgehead atoms. The number of fused-ring (bicyclic) bond motifs is 1. The van der Waals surface area contributed by atoms with Crippen LogP contribution >= 0.6 is 0 Å². The molecule has 2 rings (SSSR count). The average molecular weight is 260 g/mol. The molecule has 2 heterocycles.